The average Bonchev–Trinajstić information content (AvgIpc) is 2.85. The maximum absolute atomic E-state index is 11.7. The van der Waals surface area contributed by atoms with Crippen molar-refractivity contribution in [1.82, 2.24) is 9.88 Å². The van der Waals surface area contributed by atoms with Gasteiger partial charge in [-0.1, -0.05) is 18.3 Å². The summed E-state index contributed by atoms with van der Waals surface area (Å²) >= 11 is 1.22. The van der Waals surface area contributed by atoms with Gasteiger partial charge in [0, 0.05) is 19.5 Å². The third kappa shape index (κ3) is 3.59. The molecule has 1 N–H and O–H groups in total. The topological polar surface area (TPSA) is 71.5 Å². The Balaban J connectivity index is 2.17. The molecule has 1 aromatic rings. The summed E-state index contributed by atoms with van der Waals surface area (Å²) in [5.74, 6) is -0.256. The molecule has 0 spiro atoms. The van der Waals surface area contributed by atoms with Crippen LogP contribution in [0.15, 0.2) is 0 Å². The average molecular weight is 311 g/mol. The smallest absolute Gasteiger partial charge is 0.358 e. The van der Waals surface area contributed by atoms with E-state index in [2.05, 4.69) is 33.9 Å². The minimum Gasteiger partial charge on any atom is -0.464 e. The van der Waals surface area contributed by atoms with E-state index in [1.54, 1.807) is 0 Å². The molecule has 1 aliphatic heterocycles. The van der Waals surface area contributed by atoms with Gasteiger partial charge < -0.3 is 15.0 Å². The van der Waals surface area contributed by atoms with E-state index in [-0.39, 0.29) is 11.5 Å². The lowest BCUT2D eigenvalue weighted by atomic mass is 9.94. The number of ketones is 1. The van der Waals surface area contributed by atoms with Gasteiger partial charge in [0.25, 0.3) is 0 Å². The largest absolute Gasteiger partial charge is 0.464 e. The number of esters is 1. The van der Waals surface area contributed by atoms with Gasteiger partial charge in [-0.2, -0.15) is 0 Å². The fourth-order valence-electron chi connectivity index (χ4n) is 2.58. The molecule has 0 aliphatic carbocycles. The number of aromatic nitrogens is 1. The molecule has 1 fully saturated rings. The van der Waals surface area contributed by atoms with Crippen molar-refractivity contribution in [2.45, 2.75) is 26.3 Å². The van der Waals surface area contributed by atoms with Crippen LogP contribution in [0, 0.1) is 5.92 Å². The van der Waals surface area contributed by atoms with E-state index in [0.29, 0.717) is 22.0 Å². The standard InChI is InChI=1S/C14H21N3O3S/c1-8-7-17(3)6-5-10(8)15-14-16-11(13(19)20-4)12(21-14)9(2)18/h8,10H,5-7H2,1-4H3,(H,15,16). The summed E-state index contributed by atoms with van der Waals surface area (Å²) in [4.78, 5) is 30.2. The number of nitrogens with zero attached hydrogens (tertiary/aromatic N) is 2. The number of ether oxygens (including phenoxy) is 1. The molecule has 0 amide bonds. The van der Waals surface area contributed by atoms with Crippen molar-refractivity contribution in [3.05, 3.63) is 10.6 Å². The molecule has 21 heavy (non-hydrogen) atoms. The molecule has 2 atom stereocenters. The van der Waals surface area contributed by atoms with E-state index in [9.17, 15) is 9.59 Å². The molecule has 2 rings (SSSR count). The Morgan fingerprint density at radius 3 is 2.76 bits per heavy atom. The van der Waals surface area contributed by atoms with Gasteiger partial charge in [0.05, 0.1) is 7.11 Å². The Morgan fingerprint density at radius 2 is 2.19 bits per heavy atom. The van der Waals surface area contributed by atoms with Crippen LogP contribution < -0.4 is 5.32 Å². The highest BCUT2D eigenvalue weighted by atomic mass is 32.1. The number of thiazole rings is 1. The molecule has 1 aromatic heterocycles. The molecule has 1 saturated heterocycles. The van der Waals surface area contributed by atoms with Gasteiger partial charge >= 0.3 is 5.97 Å². The quantitative estimate of drug-likeness (QED) is 0.676. The molecule has 7 heteroatoms. The minimum atomic E-state index is -0.569. The molecule has 2 unspecified atom stereocenters. The zero-order chi connectivity index (χ0) is 15.6. The second-order valence-electron chi connectivity index (χ2n) is 5.52. The van der Waals surface area contributed by atoms with E-state index < -0.39 is 5.97 Å². The van der Waals surface area contributed by atoms with E-state index in [4.69, 9.17) is 0 Å². The minimum absolute atomic E-state index is 0.109. The van der Waals surface area contributed by atoms with Crippen LogP contribution in [-0.2, 0) is 4.74 Å². The highest BCUT2D eigenvalue weighted by Gasteiger charge is 2.27. The number of rotatable bonds is 4. The van der Waals surface area contributed by atoms with E-state index in [0.717, 1.165) is 19.5 Å². The van der Waals surface area contributed by atoms with Crippen molar-refractivity contribution in [3.8, 4) is 0 Å². The molecule has 2 heterocycles. The molecule has 116 valence electrons. The lowest BCUT2D eigenvalue weighted by Gasteiger charge is -2.35. The van der Waals surface area contributed by atoms with Crippen LogP contribution >= 0.6 is 11.3 Å². The van der Waals surface area contributed by atoms with Gasteiger partial charge in [0.1, 0.15) is 4.88 Å². The van der Waals surface area contributed by atoms with Crippen molar-refractivity contribution < 1.29 is 14.3 Å². The van der Waals surface area contributed by atoms with Crippen molar-refractivity contribution in [3.63, 3.8) is 0 Å². The third-order valence-corrected chi connectivity index (χ3v) is 4.83. The lowest BCUT2D eigenvalue weighted by Crippen LogP contribution is -2.43. The van der Waals surface area contributed by atoms with Crippen LogP contribution in [0.2, 0.25) is 0 Å². The Bertz CT molecular complexity index is 544. The van der Waals surface area contributed by atoms with Crippen LogP contribution in [0.1, 0.15) is 40.4 Å². The third-order valence-electron chi connectivity index (χ3n) is 3.74. The first kappa shape index (κ1) is 15.9. The lowest BCUT2D eigenvalue weighted by molar-refractivity contribution is 0.0591. The second-order valence-corrected chi connectivity index (χ2v) is 6.52. The zero-order valence-corrected chi connectivity index (χ0v) is 13.6. The van der Waals surface area contributed by atoms with Gasteiger partial charge in [0.15, 0.2) is 16.6 Å². The van der Waals surface area contributed by atoms with Crippen LogP contribution in [0.5, 0.6) is 0 Å². The molecule has 0 radical (unpaired) electrons. The first-order valence-electron chi connectivity index (χ1n) is 6.97. The summed E-state index contributed by atoms with van der Waals surface area (Å²) < 4.78 is 4.68. The first-order chi connectivity index (χ1) is 9.92. The number of anilines is 1. The molecule has 0 aromatic carbocycles. The number of Topliss-reactive ketones (excluding diaryl/α,β-unsaturated/α-hetero) is 1. The van der Waals surface area contributed by atoms with Crippen LogP contribution in [0.25, 0.3) is 0 Å². The molecule has 0 saturated carbocycles. The van der Waals surface area contributed by atoms with Gasteiger partial charge in [-0.15, -0.1) is 0 Å². The van der Waals surface area contributed by atoms with Crippen LogP contribution in [0.3, 0.4) is 0 Å². The monoisotopic (exact) mass is 311 g/mol. The zero-order valence-electron chi connectivity index (χ0n) is 12.8. The van der Waals surface area contributed by atoms with Gasteiger partial charge in [0.2, 0.25) is 0 Å². The SMILES string of the molecule is COC(=O)c1nc(NC2CCN(C)CC2C)sc1C(C)=O. The van der Waals surface area contributed by atoms with Crippen molar-refractivity contribution >= 4 is 28.2 Å². The maximum atomic E-state index is 11.7. The van der Waals surface area contributed by atoms with Gasteiger partial charge in [-0.3, -0.25) is 4.79 Å². The fourth-order valence-corrected chi connectivity index (χ4v) is 3.49. The molecule has 0 bridgehead atoms. The van der Waals surface area contributed by atoms with Crippen molar-refractivity contribution in [1.29, 1.82) is 0 Å². The van der Waals surface area contributed by atoms with E-state index in [1.165, 1.54) is 25.4 Å². The summed E-state index contributed by atoms with van der Waals surface area (Å²) in [7, 11) is 3.40. The van der Waals surface area contributed by atoms with Crippen LogP contribution in [-0.4, -0.2) is 54.9 Å². The molecule has 6 nitrogen and oxygen atoms in total. The van der Waals surface area contributed by atoms with Gasteiger partial charge in [-0.05, 0) is 25.9 Å². The van der Waals surface area contributed by atoms with Crippen molar-refractivity contribution in [2.75, 3.05) is 32.6 Å². The van der Waals surface area contributed by atoms with Crippen LogP contribution in [0.4, 0.5) is 5.13 Å². The maximum Gasteiger partial charge on any atom is 0.358 e. The Morgan fingerprint density at radius 1 is 1.48 bits per heavy atom. The highest BCUT2D eigenvalue weighted by molar-refractivity contribution is 7.17. The normalized spacial score (nSPS) is 22.9. The van der Waals surface area contributed by atoms with E-state index in [1.807, 2.05) is 0 Å². The first-order valence-corrected chi connectivity index (χ1v) is 7.79. The highest BCUT2D eigenvalue weighted by Crippen LogP contribution is 2.27. The number of carbonyl (C=O) groups is 2. The number of carbonyl (C=O) groups excluding carboxylic acids is 2. The Labute approximate surface area is 128 Å². The summed E-state index contributed by atoms with van der Waals surface area (Å²) in [5.41, 5.74) is 0.109. The van der Waals surface area contributed by atoms with E-state index >= 15 is 0 Å². The number of piperidine rings is 1. The predicted molar refractivity (Wildman–Crippen MR) is 82.1 cm³/mol. The summed E-state index contributed by atoms with van der Waals surface area (Å²) in [6.07, 6.45) is 1.01. The fraction of sp³-hybridized carbons (Fsp3) is 0.643. The predicted octanol–water partition coefficient (Wildman–Crippen LogP) is 1.88. The summed E-state index contributed by atoms with van der Waals surface area (Å²) in [6.45, 7) is 5.67. The number of methoxy groups -OCH3 is 1. The molecular formula is C14H21N3O3S. The molecule has 1 aliphatic rings. The number of nitrogens with one attached hydrogen (secondary N) is 1. The van der Waals surface area contributed by atoms with Crippen molar-refractivity contribution in [2.24, 2.45) is 5.92 Å². The second kappa shape index (κ2) is 6.53. The molecular weight excluding hydrogens is 290 g/mol. The van der Waals surface area contributed by atoms with Gasteiger partial charge in [-0.25, -0.2) is 9.78 Å². The summed E-state index contributed by atoms with van der Waals surface area (Å²) in [5, 5.41) is 3.98. The number of hydrogen-bond donors (Lipinski definition) is 1. The Hall–Kier alpha value is -1.47. The Kier molecular flexibility index (Phi) is 4.95. The number of likely N-dealkylation sites (tertiary alicyclic amines) is 1. The number of hydrogen-bond acceptors (Lipinski definition) is 7. The summed E-state index contributed by atoms with van der Waals surface area (Å²) in [6, 6.07) is 0.303.